The van der Waals surface area contributed by atoms with Crippen LogP contribution in [0.4, 0.5) is 4.39 Å². The average Bonchev–Trinajstić information content (AvgIpc) is 3.21. The van der Waals surface area contributed by atoms with Crippen LogP contribution in [0.15, 0.2) is 36.5 Å². The SMILES string of the molecule is CNC(=O)c1[nH]c(-c2ncc(C)[nH]2)cc1O[C@@H](C)c1ccccc1F. The number of hydrogen-bond acceptors (Lipinski definition) is 3. The minimum atomic E-state index is -0.563. The fourth-order valence-corrected chi connectivity index (χ4v) is 2.56. The first-order valence-electron chi connectivity index (χ1n) is 7.87. The number of hydrogen-bond donors (Lipinski definition) is 3. The second-order valence-corrected chi connectivity index (χ2v) is 5.70. The zero-order valence-electron chi connectivity index (χ0n) is 14.2. The van der Waals surface area contributed by atoms with E-state index < -0.39 is 6.10 Å². The van der Waals surface area contributed by atoms with Gasteiger partial charge in [0.15, 0.2) is 11.6 Å². The number of carbonyl (C=O) groups excluding carboxylic acids is 1. The summed E-state index contributed by atoms with van der Waals surface area (Å²) >= 11 is 0. The highest BCUT2D eigenvalue weighted by molar-refractivity contribution is 5.96. The van der Waals surface area contributed by atoms with Gasteiger partial charge in [-0.2, -0.15) is 0 Å². The van der Waals surface area contributed by atoms with Crippen molar-refractivity contribution in [2.75, 3.05) is 7.05 Å². The van der Waals surface area contributed by atoms with Gasteiger partial charge in [-0.15, -0.1) is 0 Å². The Bertz CT molecular complexity index is 900. The van der Waals surface area contributed by atoms with Gasteiger partial charge in [0.25, 0.3) is 5.91 Å². The lowest BCUT2D eigenvalue weighted by Gasteiger charge is -2.15. The molecule has 1 aromatic carbocycles. The van der Waals surface area contributed by atoms with Crippen molar-refractivity contribution in [3.05, 3.63) is 59.3 Å². The van der Waals surface area contributed by atoms with Crippen molar-refractivity contribution in [1.82, 2.24) is 20.3 Å². The number of imidazole rings is 1. The Balaban J connectivity index is 1.95. The van der Waals surface area contributed by atoms with Crippen molar-refractivity contribution in [3.63, 3.8) is 0 Å². The van der Waals surface area contributed by atoms with E-state index in [2.05, 4.69) is 20.3 Å². The van der Waals surface area contributed by atoms with E-state index in [9.17, 15) is 9.18 Å². The molecule has 0 unspecified atom stereocenters. The van der Waals surface area contributed by atoms with E-state index in [-0.39, 0.29) is 17.4 Å². The van der Waals surface area contributed by atoms with E-state index in [1.54, 1.807) is 37.4 Å². The summed E-state index contributed by atoms with van der Waals surface area (Å²) in [5.74, 6) is 0.245. The number of nitrogens with one attached hydrogen (secondary N) is 3. The van der Waals surface area contributed by atoms with Crippen LogP contribution in [0.25, 0.3) is 11.5 Å². The predicted octanol–water partition coefficient (Wildman–Crippen LogP) is 3.35. The van der Waals surface area contributed by atoms with E-state index in [1.807, 2.05) is 6.92 Å². The third kappa shape index (κ3) is 3.40. The number of aromatic amines is 2. The molecule has 0 aliphatic heterocycles. The summed E-state index contributed by atoms with van der Waals surface area (Å²) in [5, 5.41) is 2.56. The molecular weight excluding hydrogens is 323 g/mol. The lowest BCUT2D eigenvalue weighted by Crippen LogP contribution is -2.19. The number of halogens is 1. The molecule has 0 saturated heterocycles. The van der Waals surface area contributed by atoms with Gasteiger partial charge in [0.1, 0.15) is 17.6 Å². The first kappa shape index (κ1) is 16.8. The topological polar surface area (TPSA) is 82.8 Å². The minimum absolute atomic E-state index is 0.259. The highest BCUT2D eigenvalue weighted by Crippen LogP contribution is 2.30. The van der Waals surface area contributed by atoms with Gasteiger partial charge in [0, 0.05) is 30.6 Å². The molecule has 1 amide bonds. The van der Waals surface area contributed by atoms with Gasteiger partial charge in [-0.1, -0.05) is 18.2 Å². The molecule has 3 rings (SSSR count). The highest BCUT2D eigenvalue weighted by atomic mass is 19.1. The smallest absolute Gasteiger partial charge is 0.271 e. The van der Waals surface area contributed by atoms with Crippen LogP contribution in [0.3, 0.4) is 0 Å². The molecule has 1 atom stereocenters. The zero-order valence-corrected chi connectivity index (χ0v) is 14.2. The quantitative estimate of drug-likeness (QED) is 0.665. The number of H-pyrrole nitrogens is 2. The van der Waals surface area contributed by atoms with Gasteiger partial charge in [-0.3, -0.25) is 4.79 Å². The standard InChI is InChI=1S/C18H19FN4O2/c1-10-9-21-17(22-10)14-8-15(16(23-14)18(24)20-3)25-11(2)12-6-4-5-7-13(12)19/h4-9,11,23H,1-3H3,(H,20,24)(H,21,22)/t11-/m0/s1. The average molecular weight is 342 g/mol. The Kier molecular flexibility index (Phi) is 4.56. The second-order valence-electron chi connectivity index (χ2n) is 5.70. The van der Waals surface area contributed by atoms with Crippen molar-refractivity contribution < 1.29 is 13.9 Å². The second kappa shape index (κ2) is 6.80. The Hall–Kier alpha value is -3.09. The Labute approximate surface area is 144 Å². The number of carbonyl (C=O) groups is 1. The maximum Gasteiger partial charge on any atom is 0.271 e. The number of aryl methyl sites for hydroxylation is 1. The Morgan fingerprint density at radius 3 is 2.72 bits per heavy atom. The molecule has 0 aliphatic carbocycles. The van der Waals surface area contributed by atoms with Gasteiger partial charge >= 0.3 is 0 Å². The number of benzene rings is 1. The van der Waals surface area contributed by atoms with Crippen LogP contribution in [-0.2, 0) is 0 Å². The van der Waals surface area contributed by atoms with E-state index in [4.69, 9.17) is 4.74 Å². The summed E-state index contributed by atoms with van der Waals surface area (Å²) < 4.78 is 19.8. The fourth-order valence-electron chi connectivity index (χ4n) is 2.56. The van der Waals surface area contributed by atoms with E-state index in [0.717, 1.165) is 5.69 Å². The summed E-state index contributed by atoms with van der Waals surface area (Å²) in [6.07, 6.45) is 1.13. The maximum atomic E-state index is 14.0. The van der Waals surface area contributed by atoms with Crippen molar-refractivity contribution >= 4 is 5.91 Å². The van der Waals surface area contributed by atoms with E-state index in [1.165, 1.54) is 13.1 Å². The zero-order chi connectivity index (χ0) is 18.0. The van der Waals surface area contributed by atoms with Crippen LogP contribution in [0, 0.1) is 12.7 Å². The molecule has 0 aliphatic rings. The molecule has 0 bridgehead atoms. The Morgan fingerprint density at radius 2 is 2.08 bits per heavy atom. The molecule has 0 fully saturated rings. The molecule has 3 N–H and O–H groups in total. The molecule has 2 aromatic heterocycles. The molecule has 7 heteroatoms. The van der Waals surface area contributed by atoms with Crippen LogP contribution in [0.1, 0.15) is 34.8 Å². The lowest BCUT2D eigenvalue weighted by atomic mass is 10.1. The van der Waals surface area contributed by atoms with Crippen LogP contribution >= 0.6 is 0 Å². The predicted molar refractivity (Wildman–Crippen MR) is 91.9 cm³/mol. The van der Waals surface area contributed by atoms with Crippen molar-refractivity contribution in [3.8, 4) is 17.3 Å². The van der Waals surface area contributed by atoms with Crippen molar-refractivity contribution in [1.29, 1.82) is 0 Å². The number of amides is 1. The molecule has 0 saturated carbocycles. The molecule has 0 spiro atoms. The van der Waals surface area contributed by atoms with Gasteiger partial charge in [-0.25, -0.2) is 9.37 Å². The molecule has 2 heterocycles. The monoisotopic (exact) mass is 342 g/mol. The van der Waals surface area contributed by atoms with Crippen molar-refractivity contribution in [2.24, 2.45) is 0 Å². The summed E-state index contributed by atoms with van der Waals surface area (Å²) in [6.45, 7) is 3.62. The number of rotatable bonds is 5. The molecule has 3 aromatic rings. The summed E-state index contributed by atoms with van der Waals surface area (Å²) in [7, 11) is 1.53. The Morgan fingerprint density at radius 1 is 1.32 bits per heavy atom. The van der Waals surface area contributed by atoms with Gasteiger partial charge in [0.05, 0.1) is 5.69 Å². The van der Waals surface area contributed by atoms with Crippen LogP contribution in [0.5, 0.6) is 5.75 Å². The maximum absolute atomic E-state index is 14.0. The number of ether oxygens (including phenoxy) is 1. The third-order valence-corrected chi connectivity index (χ3v) is 3.84. The van der Waals surface area contributed by atoms with E-state index in [0.29, 0.717) is 22.8 Å². The van der Waals surface area contributed by atoms with Gasteiger partial charge < -0.3 is 20.0 Å². The summed E-state index contributed by atoms with van der Waals surface area (Å²) in [4.78, 5) is 22.5. The van der Waals surface area contributed by atoms with Gasteiger partial charge in [-0.05, 0) is 19.9 Å². The minimum Gasteiger partial charge on any atom is -0.483 e. The number of nitrogens with zero attached hydrogens (tertiary/aromatic N) is 1. The highest BCUT2D eigenvalue weighted by Gasteiger charge is 2.21. The van der Waals surface area contributed by atoms with Gasteiger partial charge in [0.2, 0.25) is 0 Å². The molecule has 130 valence electrons. The fraction of sp³-hybridized carbons (Fsp3) is 0.222. The third-order valence-electron chi connectivity index (χ3n) is 3.84. The van der Waals surface area contributed by atoms with Crippen molar-refractivity contribution in [2.45, 2.75) is 20.0 Å². The van der Waals surface area contributed by atoms with Crippen LogP contribution < -0.4 is 10.1 Å². The largest absolute Gasteiger partial charge is 0.483 e. The van der Waals surface area contributed by atoms with E-state index >= 15 is 0 Å². The molecule has 0 radical (unpaired) electrons. The summed E-state index contributed by atoms with van der Waals surface area (Å²) in [5.41, 5.74) is 2.19. The van der Waals surface area contributed by atoms with Crippen LogP contribution in [0.2, 0.25) is 0 Å². The number of aromatic nitrogens is 3. The summed E-state index contributed by atoms with van der Waals surface area (Å²) in [6, 6.07) is 8.08. The lowest BCUT2D eigenvalue weighted by molar-refractivity contribution is 0.0952. The normalized spacial score (nSPS) is 12.0. The first-order chi connectivity index (χ1) is 12.0. The molecular formula is C18H19FN4O2. The molecule has 25 heavy (non-hydrogen) atoms. The first-order valence-corrected chi connectivity index (χ1v) is 7.87. The van der Waals surface area contributed by atoms with Crippen LogP contribution in [-0.4, -0.2) is 27.9 Å². The molecule has 6 nitrogen and oxygen atoms in total.